The minimum Gasteiger partial charge on any atom is -0.350 e. The van der Waals surface area contributed by atoms with Crippen molar-refractivity contribution in [2.24, 2.45) is 5.73 Å². The number of halogens is 1. The Bertz CT molecular complexity index is 545. The van der Waals surface area contributed by atoms with Crippen molar-refractivity contribution in [3.8, 4) is 0 Å². The van der Waals surface area contributed by atoms with E-state index in [2.05, 4.69) is 5.32 Å². The van der Waals surface area contributed by atoms with Crippen LogP contribution in [0.25, 0.3) is 0 Å². The summed E-state index contributed by atoms with van der Waals surface area (Å²) in [7, 11) is 0. The molecular weight excluding hydrogens is 278 g/mol. The van der Waals surface area contributed by atoms with Gasteiger partial charge in [0, 0.05) is 16.8 Å². The van der Waals surface area contributed by atoms with Crippen LogP contribution in [0.2, 0.25) is 5.02 Å². The SMILES string of the molecule is CCC1C(=O)NC(=O)CN1c1ccc(C(C)N)c(Cl)c1. The maximum absolute atomic E-state index is 11.9. The van der Waals surface area contributed by atoms with Crippen molar-refractivity contribution in [2.75, 3.05) is 11.4 Å². The third-order valence-corrected chi connectivity index (χ3v) is 3.78. The topological polar surface area (TPSA) is 75.4 Å². The molecule has 3 N–H and O–H groups in total. The number of rotatable bonds is 3. The van der Waals surface area contributed by atoms with E-state index in [1.165, 1.54) is 0 Å². The number of imide groups is 1. The van der Waals surface area contributed by atoms with Crippen LogP contribution >= 0.6 is 11.6 Å². The number of nitrogens with one attached hydrogen (secondary N) is 1. The number of piperazine rings is 1. The van der Waals surface area contributed by atoms with Gasteiger partial charge in [0.1, 0.15) is 6.04 Å². The normalized spacial score (nSPS) is 20.8. The summed E-state index contributed by atoms with van der Waals surface area (Å²) in [4.78, 5) is 25.2. The summed E-state index contributed by atoms with van der Waals surface area (Å²) in [6.07, 6.45) is 0.617. The molecule has 0 aromatic heterocycles. The summed E-state index contributed by atoms with van der Waals surface area (Å²) < 4.78 is 0. The van der Waals surface area contributed by atoms with E-state index in [0.717, 1.165) is 11.3 Å². The van der Waals surface area contributed by atoms with Crippen LogP contribution in [0.3, 0.4) is 0 Å². The molecule has 108 valence electrons. The van der Waals surface area contributed by atoms with Crippen molar-refractivity contribution in [1.29, 1.82) is 0 Å². The van der Waals surface area contributed by atoms with Crippen molar-refractivity contribution >= 4 is 29.1 Å². The van der Waals surface area contributed by atoms with Crippen molar-refractivity contribution in [2.45, 2.75) is 32.4 Å². The lowest BCUT2D eigenvalue weighted by Gasteiger charge is -2.35. The number of benzene rings is 1. The summed E-state index contributed by atoms with van der Waals surface area (Å²) >= 11 is 6.22. The summed E-state index contributed by atoms with van der Waals surface area (Å²) in [5.41, 5.74) is 7.43. The predicted octanol–water partition coefficient (Wildman–Crippen LogP) is 1.60. The Kier molecular flexibility index (Phi) is 4.30. The van der Waals surface area contributed by atoms with Gasteiger partial charge in [-0.1, -0.05) is 24.6 Å². The fourth-order valence-corrected chi connectivity index (χ4v) is 2.75. The molecule has 1 heterocycles. The highest BCUT2D eigenvalue weighted by molar-refractivity contribution is 6.31. The average Bonchev–Trinajstić information content (AvgIpc) is 2.37. The van der Waals surface area contributed by atoms with Crippen LogP contribution in [0, 0.1) is 0 Å². The molecule has 0 radical (unpaired) electrons. The Morgan fingerprint density at radius 1 is 1.50 bits per heavy atom. The van der Waals surface area contributed by atoms with E-state index < -0.39 is 0 Å². The maximum atomic E-state index is 11.9. The van der Waals surface area contributed by atoms with Crippen molar-refractivity contribution in [3.05, 3.63) is 28.8 Å². The average molecular weight is 296 g/mol. The van der Waals surface area contributed by atoms with E-state index in [-0.39, 0.29) is 30.4 Å². The number of amides is 2. The highest BCUT2D eigenvalue weighted by atomic mass is 35.5. The summed E-state index contributed by atoms with van der Waals surface area (Å²) in [5, 5.41) is 2.90. The monoisotopic (exact) mass is 295 g/mol. The second kappa shape index (κ2) is 5.81. The van der Waals surface area contributed by atoms with Gasteiger partial charge in [-0.2, -0.15) is 0 Å². The molecule has 0 spiro atoms. The van der Waals surface area contributed by atoms with Crippen LogP contribution in [0.15, 0.2) is 18.2 Å². The van der Waals surface area contributed by atoms with Crippen molar-refractivity contribution in [3.63, 3.8) is 0 Å². The van der Waals surface area contributed by atoms with Gasteiger partial charge in [0.2, 0.25) is 11.8 Å². The number of carbonyl (C=O) groups excluding carboxylic acids is 2. The molecule has 1 aromatic rings. The first-order valence-electron chi connectivity index (χ1n) is 6.59. The lowest BCUT2D eigenvalue weighted by molar-refractivity contribution is -0.132. The van der Waals surface area contributed by atoms with Gasteiger partial charge in [-0.15, -0.1) is 0 Å². The Labute approximate surface area is 123 Å². The Morgan fingerprint density at radius 2 is 2.20 bits per heavy atom. The Hall–Kier alpha value is -1.59. The van der Waals surface area contributed by atoms with Gasteiger partial charge in [-0.05, 0) is 31.0 Å². The highest BCUT2D eigenvalue weighted by Gasteiger charge is 2.32. The van der Waals surface area contributed by atoms with Gasteiger partial charge in [0.25, 0.3) is 0 Å². The minimum atomic E-state index is -0.357. The highest BCUT2D eigenvalue weighted by Crippen LogP contribution is 2.29. The van der Waals surface area contributed by atoms with Gasteiger partial charge in [0.05, 0.1) is 6.54 Å². The Morgan fingerprint density at radius 3 is 2.75 bits per heavy atom. The lowest BCUT2D eigenvalue weighted by atomic mass is 10.1. The molecule has 0 saturated carbocycles. The molecule has 5 nitrogen and oxygen atoms in total. The number of anilines is 1. The molecule has 2 unspecified atom stereocenters. The standard InChI is InChI=1S/C14H18ClN3O2/c1-3-12-14(20)17-13(19)7-18(12)9-4-5-10(8(2)16)11(15)6-9/h4-6,8,12H,3,7,16H2,1-2H3,(H,17,19,20). The summed E-state index contributed by atoms with van der Waals surface area (Å²) in [6, 6.07) is 4.93. The lowest BCUT2D eigenvalue weighted by Crippen LogP contribution is -2.58. The summed E-state index contributed by atoms with van der Waals surface area (Å²) in [6.45, 7) is 3.91. The number of hydrogen-bond acceptors (Lipinski definition) is 4. The Balaban J connectivity index is 2.36. The van der Waals surface area contributed by atoms with E-state index in [1.807, 2.05) is 26.0 Å². The van der Waals surface area contributed by atoms with Gasteiger partial charge in [0.15, 0.2) is 0 Å². The first-order valence-corrected chi connectivity index (χ1v) is 6.97. The van der Waals surface area contributed by atoms with Crippen LogP contribution in [-0.2, 0) is 9.59 Å². The summed E-state index contributed by atoms with van der Waals surface area (Å²) in [5.74, 6) is -0.566. The molecule has 6 heteroatoms. The fraction of sp³-hybridized carbons (Fsp3) is 0.429. The second-order valence-corrected chi connectivity index (χ2v) is 5.37. The second-order valence-electron chi connectivity index (χ2n) is 4.96. The first-order chi connectivity index (χ1) is 9.43. The van der Waals surface area contributed by atoms with Crippen LogP contribution < -0.4 is 16.0 Å². The number of hydrogen-bond donors (Lipinski definition) is 2. The smallest absolute Gasteiger partial charge is 0.249 e. The van der Waals surface area contributed by atoms with Crippen molar-refractivity contribution in [1.82, 2.24) is 5.32 Å². The zero-order chi connectivity index (χ0) is 14.9. The molecule has 2 atom stereocenters. The third kappa shape index (κ3) is 2.78. The molecule has 1 aliphatic heterocycles. The van der Waals surface area contributed by atoms with Crippen molar-refractivity contribution < 1.29 is 9.59 Å². The molecule has 2 amide bonds. The van der Waals surface area contributed by atoms with E-state index in [0.29, 0.717) is 11.4 Å². The van der Waals surface area contributed by atoms with Gasteiger partial charge < -0.3 is 10.6 Å². The van der Waals surface area contributed by atoms with Gasteiger partial charge in [-0.3, -0.25) is 14.9 Å². The van der Waals surface area contributed by atoms with E-state index >= 15 is 0 Å². The number of nitrogens with zero attached hydrogens (tertiary/aromatic N) is 1. The van der Waals surface area contributed by atoms with Gasteiger partial charge >= 0.3 is 0 Å². The molecule has 1 aliphatic rings. The first kappa shape index (κ1) is 14.8. The quantitative estimate of drug-likeness (QED) is 0.831. The van der Waals surface area contributed by atoms with Crippen LogP contribution in [0.5, 0.6) is 0 Å². The molecule has 0 aliphatic carbocycles. The molecular formula is C14H18ClN3O2. The fourth-order valence-electron chi connectivity index (χ4n) is 2.41. The molecule has 20 heavy (non-hydrogen) atoms. The largest absolute Gasteiger partial charge is 0.350 e. The van der Waals surface area contributed by atoms with E-state index in [1.54, 1.807) is 11.0 Å². The predicted molar refractivity (Wildman–Crippen MR) is 78.6 cm³/mol. The molecule has 0 bridgehead atoms. The van der Waals surface area contributed by atoms with E-state index in [4.69, 9.17) is 17.3 Å². The van der Waals surface area contributed by atoms with Crippen LogP contribution in [-0.4, -0.2) is 24.4 Å². The maximum Gasteiger partial charge on any atom is 0.249 e. The zero-order valence-electron chi connectivity index (χ0n) is 11.5. The minimum absolute atomic E-state index is 0.151. The molecule has 1 fully saturated rings. The van der Waals surface area contributed by atoms with Crippen LogP contribution in [0.1, 0.15) is 31.9 Å². The van der Waals surface area contributed by atoms with Crippen LogP contribution in [0.4, 0.5) is 5.69 Å². The number of carbonyl (C=O) groups is 2. The van der Waals surface area contributed by atoms with Gasteiger partial charge in [-0.25, -0.2) is 0 Å². The third-order valence-electron chi connectivity index (χ3n) is 3.45. The van der Waals surface area contributed by atoms with E-state index in [9.17, 15) is 9.59 Å². The number of nitrogens with two attached hydrogens (primary N) is 1. The molecule has 1 saturated heterocycles. The molecule has 1 aromatic carbocycles. The zero-order valence-corrected chi connectivity index (χ0v) is 12.3. The molecule has 2 rings (SSSR count).